The van der Waals surface area contributed by atoms with Gasteiger partial charge in [0, 0.05) is 22.7 Å². The van der Waals surface area contributed by atoms with Gasteiger partial charge in [-0.05, 0) is 48.2 Å². The number of halogens is 1. The summed E-state index contributed by atoms with van der Waals surface area (Å²) in [6.45, 7) is 4.14. The van der Waals surface area contributed by atoms with Crippen molar-refractivity contribution in [3.8, 4) is 0 Å². The van der Waals surface area contributed by atoms with Crippen molar-refractivity contribution in [3.05, 3.63) is 33.4 Å². The molecule has 78 valence electrons. The second-order valence-electron chi connectivity index (χ2n) is 3.43. The first-order valence-corrected chi connectivity index (χ1v) is 5.93. The van der Waals surface area contributed by atoms with Gasteiger partial charge < -0.3 is 10.6 Å². The van der Waals surface area contributed by atoms with Crippen LogP contribution >= 0.6 is 22.6 Å². The zero-order chi connectivity index (χ0) is 10.4. The Kier molecular flexibility index (Phi) is 5.44. The van der Waals surface area contributed by atoms with Gasteiger partial charge in [0.05, 0.1) is 0 Å². The van der Waals surface area contributed by atoms with Crippen molar-refractivity contribution in [2.24, 2.45) is 0 Å². The lowest BCUT2D eigenvalue weighted by Gasteiger charge is -2.13. The first kappa shape index (κ1) is 11.9. The highest BCUT2D eigenvalue weighted by Gasteiger charge is 2.01. The Balaban J connectivity index is 2.41. The maximum Gasteiger partial charge on any atom is 0.0219 e. The zero-order valence-corrected chi connectivity index (χ0v) is 10.8. The fourth-order valence-electron chi connectivity index (χ4n) is 1.30. The highest BCUT2D eigenvalue weighted by molar-refractivity contribution is 14.1. The van der Waals surface area contributed by atoms with Gasteiger partial charge >= 0.3 is 0 Å². The Labute approximate surface area is 99.6 Å². The summed E-state index contributed by atoms with van der Waals surface area (Å²) in [7, 11) is 1.98. The molecule has 0 amide bonds. The van der Waals surface area contributed by atoms with Gasteiger partial charge in [-0.15, -0.1) is 0 Å². The van der Waals surface area contributed by atoms with E-state index >= 15 is 0 Å². The van der Waals surface area contributed by atoms with Crippen LogP contribution in [0.25, 0.3) is 0 Å². The summed E-state index contributed by atoms with van der Waals surface area (Å²) < 4.78 is 1.33. The molecular formula is C11H17IN2. The topological polar surface area (TPSA) is 24.1 Å². The van der Waals surface area contributed by atoms with E-state index < -0.39 is 0 Å². The Bertz CT molecular complexity index is 276. The lowest BCUT2D eigenvalue weighted by molar-refractivity contribution is 0.522. The maximum absolute atomic E-state index is 3.47. The van der Waals surface area contributed by atoms with Crippen molar-refractivity contribution in [3.63, 3.8) is 0 Å². The average molecular weight is 304 g/mol. The fraction of sp³-hybridized carbons (Fsp3) is 0.455. The largest absolute Gasteiger partial charge is 0.318 e. The van der Waals surface area contributed by atoms with Gasteiger partial charge in [-0.25, -0.2) is 0 Å². The molecule has 0 bridgehead atoms. The molecule has 0 saturated heterocycles. The van der Waals surface area contributed by atoms with Crippen LogP contribution in [0.4, 0.5) is 0 Å². The third-order valence-electron chi connectivity index (χ3n) is 2.11. The van der Waals surface area contributed by atoms with Crippen molar-refractivity contribution in [1.82, 2.24) is 10.6 Å². The summed E-state index contributed by atoms with van der Waals surface area (Å²) in [5.74, 6) is 0. The molecule has 1 rings (SSSR count). The van der Waals surface area contributed by atoms with Gasteiger partial charge in [0.15, 0.2) is 0 Å². The third kappa shape index (κ3) is 3.94. The zero-order valence-electron chi connectivity index (χ0n) is 8.68. The average Bonchev–Trinajstić information content (AvgIpc) is 2.17. The SMILES string of the molecule is CNCC(C)NCc1ccccc1I. The number of nitrogens with one attached hydrogen (secondary N) is 2. The molecule has 1 aromatic rings. The van der Waals surface area contributed by atoms with Crippen LogP contribution in [0.3, 0.4) is 0 Å². The molecule has 0 fully saturated rings. The monoisotopic (exact) mass is 304 g/mol. The predicted octanol–water partition coefficient (Wildman–Crippen LogP) is 1.99. The Hall–Kier alpha value is -0.130. The summed E-state index contributed by atoms with van der Waals surface area (Å²) >= 11 is 2.37. The highest BCUT2D eigenvalue weighted by atomic mass is 127. The van der Waals surface area contributed by atoms with Crippen LogP contribution in [0, 0.1) is 3.57 Å². The Morgan fingerprint density at radius 3 is 2.71 bits per heavy atom. The number of benzene rings is 1. The summed E-state index contributed by atoms with van der Waals surface area (Å²) in [5.41, 5.74) is 1.37. The maximum atomic E-state index is 3.47. The minimum Gasteiger partial charge on any atom is -0.318 e. The first-order valence-electron chi connectivity index (χ1n) is 4.85. The lowest BCUT2D eigenvalue weighted by Crippen LogP contribution is -2.34. The molecule has 0 saturated carbocycles. The molecule has 0 aliphatic carbocycles. The number of rotatable bonds is 5. The van der Waals surface area contributed by atoms with E-state index in [4.69, 9.17) is 0 Å². The van der Waals surface area contributed by atoms with E-state index in [1.165, 1.54) is 9.13 Å². The van der Waals surface area contributed by atoms with E-state index in [-0.39, 0.29) is 0 Å². The van der Waals surface area contributed by atoms with Gasteiger partial charge in [-0.3, -0.25) is 0 Å². The third-order valence-corrected chi connectivity index (χ3v) is 3.16. The number of hydrogen-bond donors (Lipinski definition) is 2. The van der Waals surface area contributed by atoms with Crippen LogP contribution in [0.2, 0.25) is 0 Å². The molecule has 1 aromatic carbocycles. The van der Waals surface area contributed by atoms with Crippen LogP contribution < -0.4 is 10.6 Å². The first-order chi connectivity index (χ1) is 6.74. The van der Waals surface area contributed by atoms with Gasteiger partial charge in [0.2, 0.25) is 0 Å². The van der Waals surface area contributed by atoms with Crippen molar-refractivity contribution < 1.29 is 0 Å². The van der Waals surface area contributed by atoms with E-state index in [0.717, 1.165) is 13.1 Å². The highest BCUT2D eigenvalue weighted by Crippen LogP contribution is 2.10. The molecular weight excluding hydrogens is 287 g/mol. The smallest absolute Gasteiger partial charge is 0.0219 e. The van der Waals surface area contributed by atoms with E-state index in [2.05, 4.69) is 64.4 Å². The van der Waals surface area contributed by atoms with Crippen molar-refractivity contribution in [1.29, 1.82) is 0 Å². The Morgan fingerprint density at radius 2 is 2.07 bits per heavy atom. The second kappa shape index (κ2) is 6.37. The molecule has 3 heteroatoms. The molecule has 0 aromatic heterocycles. The molecule has 2 N–H and O–H groups in total. The van der Waals surface area contributed by atoms with E-state index in [9.17, 15) is 0 Å². The quantitative estimate of drug-likeness (QED) is 0.813. The summed E-state index contributed by atoms with van der Waals surface area (Å²) in [4.78, 5) is 0. The minimum atomic E-state index is 0.510. The molecule has 0 aliphatic heterocycles. The standard InChI is InChI=1S/C11H17IN2/c1-9(7-13-2)14-8-10-5-3-4-6-11(10)12/h3-6,9,13-14H,7-8H2,1-2H3. The second-order valence-corrected chi connectivity index (χ2v) is 4.59. The molecule has 1 unspecified atom stereocenters. The molecule has 2 nitrogen and oxygen atoms in total. The van der Waals surface area contributed by atoms with Crippen LogP contribution in [-0.4, -0.2) is 19.6 Å². The van der Waals surface area contributed by atoms with E-state index in [1.807, 2.05) is 7.05 Å². The molecule has 1 atom stereocenters. The van der Waals surface area contributed by atoms with Gasteiger partial charge in [0.25, 0.3) is 0 Å². The van der Waals surface area contributed by atoms with E-state index in [1.54, 1.807) is 0 Å². The van der Waals surface area contributed by atoms with Crippen LogP contribution in [0.15, 0.2) is 24.3 Å². The summed E-state index contributed by atoms with van der Waals surface area (Å²) in [5, 5.41) is 6.63. The van der Waals surface area contributed by atoms with Gasteiger partial charge in [-0.2, -0.15) is 0 Å². The summed E-state index contributed by atoms with van der Waals surface area (Å²) in [6, 6.07) is 8.97. The molecule has 14 heavy (non-hydrogen) atoms. The Morgan fingerprint density at radius 1 is 1.36 bits per heavy atom. The lowest BCUT2D eigenvalue weighted by atomic mass is 10.2. The van der Waals surface area contributed by atoms with Crippen LogP contribution in [-0.2, 0) is 6.54 Å². The van der Waals surface area contributed by atoms with Crippen molar-refractivity contribution >= 4 is 22.6 Å². The number of likely N-dealkylation sites (N-methyl/N-ethyl adjacent to an activating group) is 1. The molecule has 0 radical (unpaired) electrons. The number of hydrogen-bond acceptors (Lipinski definition) is 2. The molecule has 0 spiro atoms. The van der Waals surface area contributed by atoms with E-state index in [0.29, 0.717) is 6.04 Å². The van der Waals surface area contributed by atoms with Gasteiger partial charge in [0.1, 0.15) is 0 Å². The molecule has 0 aliphatic rings. The van der Waals surface area contributed by atoms with Crippen LogP contribution in [0.1, 0.15) is 12.5 Å². The van der Waals surface area contributed by atoms with Gasteiger partial charge in [-0.1, -0.05) is 18.2 Å². The predicted molar refractivity (Wildman–Crippen MR) is 69.4 cm³/mol. The summed E-state index contributed by atoms with van der Waals surface area (Å²) in [6.07, 6.45) is 0. The normalized spacial score (nSPS) is 12.8. The molecule has 0 heterocycles. The van der Waals surface area contributed by atoms with Crippen molar-refractivity contribution in [2.45, 2.75) is 19.5 Å². The van der Waals surface area contributed by atoms with Crippen molar-refractivity contribution in [2.75, 3.05) is 13.6 Å². The minimum absolute atomic E-state index is 0.510. The fourth-order valence-corrected chi connectivity index (χ4v) is 1.88. The van der Waals surface area contributed by atoms with Crippen LogP contribution in [0.5, 0.6) is 0 Å².